The summed E-state index contributed by atoms with van der Waals surface area (Å²) in [4.78, 5) is 21.3. The maximum Gasteiger partial charge on any atom is 0.255 e. The van der Waals surface area contributed by atoms with Gasteiger partial charge in [0.2, 0.25) is 0 Å². The summed E-state index contributed by atoms with van der Waals surface area (Å²) >= 11 is 0. The van der Waals surface area contributed by atoms with Crippen LogP contribution in [0.25, 0.3) is 0 Å². The Hall–Kier alpha value is -3.34. The average Bonchev–Trinajstić information content (AvgIpc) is 2.75. The molecule has 4 rings (SSSR count). The van der Waals surface area contributed by atoms with Crippen molar-refractivity contribution in [2.45, 2.75) is 0 Å². The second-order valence-corrected chi connectivity index (χ2v) is 6.57. The predicted octanol–water partition coefficient (Wildman–Crippen LogP) is 3.79. The first-order valence-electron chi connectivity index (χ1n) is 9.16. The Bertz CT molecular complexity index is 890. The zero-order valence-electron chi connectivity index (χ0n) is 15.1. The first-order chi connectivity index (χ1) is 13.3. The van der Waals surface area contributed by atoms with Crippen molar-refractivity contribution in [1.82, 2.24) is 9.88 Å². The van der Waals surface area contributed by atoms with Gasteiger partial charge in [-0.3, -0.25) is 9.78 Å². The standard InChI is InChI=1S/C22H22N4O/c27-22(26-13-11-25(12-14-26)21-9-5-2-6-10-21)18-15-20(17-23-16-18)24-19-7-3-1-4-8-19/h1-10,15-17,24H,11-14H2. The Kier molecular flexibility index (Phi) is 5.01. The Balaban J connectivity index is 1.41. The third-order valence-corrected chi connectivity index (χ3v) is 4.74. The molecule has 1 saturated heterocycles. The number of aromatic nitrogens is 1. The first-order valence-corrected chi connectivity index (χ1v) is 9.16. The lowest BCUT2D eigenvalue weighted by Crippen LogP contribution is -2.48. The number of piperazine rings is 1. The zero-order chi connectivity index (χ0) is 18.5. The molecule has 0 spiro atoms. The van der Waals surface area contributed by atoms with E-state index in [1.165, 1.54) is 5.69 Å². The van der Waals surface area contributed by atoms with Crippen LogP contribution in [0.1, 0.15) is 10.4 Å². The maximum atomic E-state index is 12.9. The molecule has 0 bridgehead atoms. The maximum absolute atomic E-state index is 12.9. The molecular weight excluding hydrogens is 336 g/mol. The number of hydrogen-bond acceptors (Lipinski definition) is 4. The second-order valence-electron chi connectivity index (χ2n) is 6.57. The molecule has 3 aromatic rings. The monoisotopic (exact) mass is 358 g/mol. The van der Waals surface area contributed by atoms with Crippen molar-refractivity contribution < 1.29 is 4.79 Å². The van der Waals surface area contributed by atoms with Crippen molar-refractivity contribution in [2.75, 3.05) is 36.4 Å². The Morgan fingerprint density at radius 1 is 0.815 bits per heavy atom. The van der Waals surface area contributed by atoms with Crippen LogP contribution in [-0.2, 0) is 0 Å². The molecule has 0 radical (unpaired) electrons. The van der Waals surface area contributed by atoms with E-state index in [0.29, 0.717) is 18.7 Å². The molecule has 1 N–H and O–H groups in total. The molecule has 1 aliphatic heterocycles. The summed E-state index contributed by atoms with van der Waals surface area (Å²) < 4.78 is 0. The van der Waals surface area contributed by atoms with Crippen molar-refractivity contribution in [3.8, 4) is 0 Å². The number of carbonyl (C=O) groups excluding carboxylic acids is 1. The minimum Gasteiger partial charge on any atom is -0.368 e. The molecule has 1 fully saturated rings. The van der Waals surface area contributed by atoms with Crippen LogP contribution >= 0.6 is 0 Å². The van der Waals surface area contributed by atoms with Crippen LogP contribution in [0.15, 0.2) is 79.1 Å². The summed E-state index contributed by atoms with van der Waals surface area (Å²) in [7, 11) is 0. The molecule has 1 amide bonds. The van der Waals surface area contributed by atoms with Crippen LogP contribution in [0.4, 0.5) is 17.1 Å². The number of amides is 1. The Morgan fingerprint density at radius 3 is 2.19 bits per heavy atom. The van der Waals surface area contributed by atoms with E-state index in [9.17, 15) is 4.79 Å². The van der Waals surface area contributed by atoms with Crippen molar-refractivity contribution in [3.63, 3.8) is 0 Å². The number of nitrogens with one attached hydrogen (secondary N) is 1. The van der Waals surface area contributed by atoms with Gasteiger partial charge in [-0.2, -0.15) is 0 Å². The molecule has 0 unspecified atom stereocenters. The molecular formula is C22H22N4O. The van der Waals surface area contributed by atoms with Gasteiger partial charge in [0.1, 0.15) is 0 Å². The number of carbonyl (C=O) groups is 1. The molecule has 1 aromatic heterocycles. The van der Waals surface area contributed by atoms with Crippen molar-refractivity contribution >= 4 is 23.0 Å². The average molecular weight is 358 g/mol. The predicted molar refractivity (Wildman–Crippen MR) is 109 cm³/mol. The number of pyridine rings is 1. The van der Waals surface area contributed by atoms with Crippen molar-refractivity contribution in [1.29, 1.82) is 0 Å². The van der Waals surface area contributed by atoms with E-state index in [1.807, 2.05) is 59.5 Å². The Labute approximate surface area is 159 Å². The van der Waals surface area contributed by atoms with Gasteiger partial charge in [0.25, 0.3) is 5.91 Å². The highest BCUT2D eigenvalue weighted by Crippen LogP contribution is 2.19. The summed E-state index contributed by atoms with van der Waals surface area (Å²) in [5, 5.41) is 3.29. The number of rotatable bonds is 4. The van der Waals surface area contributed by atoms with Gasteiger partial charge in [-0.05, 0) is 30.3 Å². The van der Waals surface area contributed by atoms with E-state index in [2.05, 4.69) is 27.3 Å². The molecule has 0 saturated carbocycles. The third kappa shape index (κ3) is 4.08. The fourth-order valence-electron chi connectivity index (χ4n) is 3.30. The van der Waals surface area contributed by atoms with E-state index < -0.39 is 0 Å². The molecule has 5 nitrogen and oxygen atoms in total. The second kappa shape index (κ2) is 7.91. The molecule has 0 aliphatic carbocycles. The SMILES string of the molecule is O=C(c1cncc(Nc2ccccc2)c1)N1CCN(c2ccccc2)CC1. The topological polar surface area (TPSA) is 48.5 Å². The highest BCUT2D eigenvalue weighted by atomic mass is 16.2. The molecule has 0 atom stereocenters. The van der Waals surface area contributed by atoms with E-state index >= 15 is 0 Å². The van der Waals surface area contributed by atoms with Crippen LogP contribution in [0.3, 0.4) is 0 Å². The summed E-state index contributed by atoms with van der Waals surface area (Å²) in [6.45, 7) is 3.10. The molecule has 1 aliphatic rings. The smallest absolute Gasteiger partial charge is 0.255 e. The number of anilines is 3. The summed E-state index contributed by atoms with van der Waals surface area (Å²) in [6.07, 6.45) is 3.37. The minimum absolute atomic E-state index is 0.0342. The minimum atomic E-state index is 0.0342. The molecule has 2 aromatic carbocycles. The van der Waals surface area contributed by atoms with Crippen molar-refractivity contribution in [3.05, 3.63) is 84.7 Å². The fraction of sp³-hybridized carbons (Fsp3) is 0.182. The van der Waals surface area contributed by atoms with Crippen molar-refractivity contribution in [2.24, 2.45) is 0 Å². The molecule has 27 heavy (non-hydrogen) atoms. The summed E-state index contributed by atoms with van der Waals surface area (Å²) in [5.41, 5.74) is 3.61. The van der Waals surface area contributed by atoms with E-state index in [4.69, 9.17) is 0 Å². The van der Waals surface area contributed by atoms with Crippen LogP contribution in [0.5, 0.6) is 0 Å². The Morgan fingerprint density at radius 2 is 1.48 bits per heavy atom. The summed E-state index contributed by atoms with van der Waals surface area (Å²) in [6, 6.07) is 22.1. The first kappa shape index (κ1) is 17.1. The van der Waals surface area contributed by atoms with Crippen LogP contribution < -0.4 is 10.2 Å². The number of nitrogens with zero attached hydrogens (tertiary/aromatic N) is 3. The van der Waals surface area contributed by atoms with Gasteiger partial charge in [-0.1, -0.05) is 36.4 Å². The van der Waals surface area contributed by atoms with Gasteiger partial charge in [-0.15, -0.1) is 0 Å². The normalized spacial score (nSPS) is 14.1. The molecule has 2 heterocycles. The van der Waals surface area contributed by atoms with Crippen LogP contribution in [0.2, 0.25) is 0 Å². The summed E-state index contributed by atoms with van der Waals surface area (Å²) in [5.74, 6) is 0.0342. The van der Waals surface area contributed by atoms with Gasteiger partial charge in [0, 0.05) is 43.8 Å². The molecule has 5 heteroatoms. The highest BCUT2D eigenvalue weighted by molar-refractivity contribution is 5.95. The fourth-order valence-corrected chi connectivity index (χ4v) is 3.30. The highest BCUT2D eigenvalue weighted by Gasteiger charge is 2.22. The van der Waals surface area contributed by atoms with Gasteiger partial charge in [0.15, 0.2) is 0 Å². The van der Waals surface area contributed by atoms with E-state index in [1.54, 1.807) is 12.4 Å². The van der Waals surface area contributed by atoms with E-state index in [0.717, 1.165) is 24.5 Å². The van der Waals surface area contributed by atoms with Crippen LogP contribution in [0, 0.1) is 0 Å². The van der Waals surface area contributed by atoms with Gasteiger partial charge in [0.05, 0.1) is 17.4 Å². The number of benzene rings is 2. The lowest BCUT2D eigenvalue weighted by atomic mass is 10.2. The quantitative estimate of drug-likeness (QED) is 0.771. The van der Waals surface area contributed by atoms with Gasteiger partial charge >= 0.3 is 0 Å². The number of hydrogen-bond donors (Lipinski definition) is 1. The zero-order valence-corrected chi connectivity index (χ0v) is 15.1. The largest absolute Gasteiger partial charge is 0.368 e. The van der Waals surface area contributed by atoms with Crippen LogP contribution in [-0.4, -0.2) is 42.0 Å². The number of para-hydroxylation sites is 2. The lowest BCUT2D eigenvalue weighted by Gasteiger charge is -2.36. The van der Waals surface area contributed by atoms with E-state index in [-0.39, 0.29) is 5.91 Å². The van der Waals surface area contributed by atoms with Gasteiger partial charge < -0.3 is 15.1 Å². The molecule has 136 valence electrons. The van der Waals surface area contributed by atoms with Gasteiger partial charge in [-0.25, -0.2) is 0 Å². The lowest BCUT2D eigenvalue weighted by molar-refractivity contribution is 0.0746. The third-order valence-electron chi connectivity index (χ3n) is 4.74.